The van der Waals surface area contributed by atoms with Gasteiger partial charge in [-0.1, -0.05) is 0 Å². The molecule has 0 saturated carbocycles. The lowest BCUT2D eigenvalue weighted by Crippen LogP contribution is -2.32. The Bertz CT molecular complexity index is 476. The topological polar surface area (TPSA) is 47.8 Å². The third kappa shape index (κ3) is 2.56. The Morgan fingerprint density at radius 2 is 2.39 bits per heavy atom. The van der Waals surface area contributed by atoms with Gasteiger partial charge in [0.15, 0.2) is 11.3 Å². The van der Waals surface area contributed by atoms with Crippen molar-refractivity contribution in [3.05, 3.63) is 23.5 Å². The SMILES string of the molecule is CNC(Cc1cn2ccsc2n1)CC1OCCO1. The number of thiazole rings is 1. The molecule has 98 valence electrons. The minimum absolute atomic E-state index is 0.0637. The summed E-state index contributed by atoms with van der Waals surface area (Å²) in [6.45, 7) is 1.42. The number of likely N-dealkylation sites (N-methyl/N-ethyl adjacent to an activating group) is 1. The molecule has 1 N–H and O–H groups in total. The van der Waals surface area contributed by atoms with E-state index in [1.807, 2.05) is 18.6 Å². The van der Waals surface area contributed by atoms with Gasteiger partial charge in [-0.15, -0.1) is 11.3 Å². The van der Waals surface area contributed by atoms with Gasteiger partial charge in [0.1, 0.15) is 0 Å². The molecule has 1 fully saturated rings. The molecule has 0 amide bonds. The molecule has 0 aliphatic carbocycles. The second-order valence-electron chi connectivity index (χ2n) is 4.42. The van der Waals surface area contributed by atoms with Crippen LogP contribution in [0.25, 0.3) is 4.96 Å². The monoisotopic (exact) mass is 267 g/mol. The molecule has 2 aromatic heterocycles. The van der Waals surface area contributed by atoms with Crippen LogP contribution in [0.1, 0.15) is 12.1 Å². The van der Waals surface area contributed by atoms with Gasteiger partial charge in [0.25, 0.3) is 0 Å². The quantitative estimate of drug-likeness (QED) is 0.887. The van der Waals surface area contributed by atoms with E-state index in [-0.39, 0.29) is 6.29 Å². The Morgan fingerprint density at radius 3 is 3.11 bits per heavy atom. The Labute approximate surface area is 110 Å². The van der Waals surface area contributed by atoms with Gasteiger partial charge in [-0.3, -0.25) is 4.40 Å². The van der Waals surface area contributed by atoms with Gasteiger partial charge in [0.05, 0.1) is 18.9 Å². The van der Waals surface area contributed by atoms with E-state index < -0.39 is 0 Å². The lowest BCUT2D eigenvalue weighted by Gasteiger charge is -2.18. The first-order chi connectivity index (χ1) is 8.85. The molecule has 3 heterocycles. The van der Waals surface area contributed by atoms with Crippen LogP contribution in [0, 0.1) is 0 Å². The fourth-order valence-corrected chi connectivity index (χ4v) is 2.92. The molecular formula is C12H17N3O2S. The number of fused-ring (bicyclic) bond motifs is 1. The molecule has 1 saturated heterocycles. The highest BCUT2D eigenvalue weighted by atomic mass is 32.1. The molecule has 1 unspecified atom stereocenters. The van der Waals surface area contributed by atoms with E-state index in [0.717, 1.165) is 23.5 Å². The number of hydrogen-bond acceptors (Lipinski definition) is 5. The van der Waals surface area contributed by atoms with E-state index in [1.165, 1.54) is 0 Å². The number of hydrogen-bond donors (Lipinski definition) is 1. The molecule has 2 aromatic rings. The van der Waals surface area contributed by atoms with E-state index in [9.17, 15) is 0 Å². The molecule has 5 nitrogen and oxygen atoms in total. The molecule has 1 atom stereocenters. The maximum atomic E-state index is 5.48. The second kappa shape index (κ2) is 5.36. The summed E-state index contributed by atoms with van der Waals surface area (Å²) in [4.78, 5) is 5.64. The highest BCUT2D eigenvalue weighted by Gasteiger charge is 2.21. The van der Waals surface area contributed by atoms with E-state index in [4.69, 9.17) is 9.47 Å². The minimum atomic E-state index is -0.0637. The average Bonchev–Trinajstić information content (AvgIpc) is 3.03. The van der Waals surface area contributed by atoms with Gasteiger partial charge >= 0.3 is 0 Å². The van der Waals surface area contributed by atoms with Crippen LogP contribution in [0.4, 0.5) is 0 Å². The molecule has 6 heteroatoms. The summed E-state index contributed by atoms with van der Waals surface area (Å²) >= 11 is 1.66. The Morgan fingerprint density at radius 1 is 1.56 bits per heavy atom. The number of rotatable bonds is 5. The molecule has 18 heavy (non-hydrogen) atoms. The third-order valence-electron chi connectivity index (χ3n) is 3.17. The van der Waals surface area contributed by atoms with Crippen LogP contribution in [-0.4, -0.2) is 42.0 Å². The van der Waals surface area contributed by atoms with E-state index in [1.54, 1.807) is 11.3 Å². The van der Waals surface area contributed by atoms with Crippen LogP contribution < -0.4 is 5.32 Å². The summed E-state index contributed by atoms with van der Waals surface area (Å²) in [6, 6.07) is 0.331. The van der Waals surface area contributed by atoms with E-state index >= 15 is 0 Å². The average molecular weight is 267 g/mol. The van der Waals surface area contributed by atoms with Gasteiger partial charge in [0.2, 0.25) is 0 Å². The smallest absolute Gasteiger partial charge is 0.193 e. The largest absolute Gasteiger partial charge is 0.350 e. The maximum Gasteiger partial charge on any atom is 0.193 e. The van der Waals surface area contributed by atoms with Crippen molar-refractivity contribution in [2.24, 2.45) is 0 Å². The lowest BCUT2D eigenvalue weighted by atomic mass is 10.1. The number of nitrogens with one attached hydrogen (secondary N) is 1. The summed E-state index contributed by atoms with van der Waals surface area (Å²) in [6.07, 6.45) is 5.82. The normalized spacial score (nSPS) is 18.7. The first-order valence-electron chi connectivity index (χ1n) is 6.16. The number of nitrogens with zero attached hydrogens (tertiary/aromatic N) is 2. The lowest BCUT2D eigenvalue weighted by molar-refractivity contribution is -0.0522. The molecule has 1 aliphatic rings. The van der Waals surface area contributed by atoms with Crippen molar-refractivity contribution in [3.8, 4) is 0 Å². The molecule has 0 spiro atoms. The predicted octanol–water partition coefficient (Wildman–Crippen LogP) is 1.29. The number of imidazole rings is 1. The number of ether oxygens (including phenoxy) is 2. The Hall–Kier alpha value is -0.950. The third-order valence-corrected chi connectivity index (χ3v) is 3.95. The first kappa shape index (κ1) is 12.1. The van der Waals surface area contributed by atoms with Gasteiger partial charge in [-0.05, 0) is 7.05 Å². The van der Waals surface area contributed by atoms with Crippen LogP contribution in [0.15, 0.2) is 17.8 Å². The molecule has 1 aliphatic heterocycles. The molecule has 0 bridgehead atoms. The van der Waals surface area contributed by atoms with E-state index in [0.29, 0.717) is 19.3 Å². The summed E-state index contributed by atoms with van der Waals surface area (Å²) < 4.78 is 13.0. The van der Waals surface area contributed by atoms with Crippen LogP contribution in [0.5, 0.6) is 0 Å². The van der Waals surface area contributed by atoms with Crippen molar-refractivity contribution in [2.75, 3.05) is 20.3 Å². The molecular weight excluding hydrogens is 250 g/mol. The number of aromatic nitrogens is 2. The van der Waals surface area contributed by atoms with Gasteiger partial charge in [-0.25, -0.2) is 4.98 Å². The molecule has 0 aromatic carbocycles. The zero-order valence-electron chi connectivity index (χ0n) is 10.3. The highest BCUT2D eigenvalue weighted by Crippen LogP contribution is 2.16. The Balaban J connectivity index is 1.63. The summed E-state index contributed by atoms with van der Waals surface area (Å²) in [5.41, 5.74) is 1.11. The first-order valence-corrected chi connectivity index (χ1v) is 7.04. The second-order valence-corrected chi connectivity index (χ2v) is 5.29. The minimum Gasteiger partial charge on any atom is -0.350 e. The summed E-state index contributed by atoms with van der Waals surface area (Å²) in [5.74, 6) is 0. The summed E-state index contributed by atoms with van der Waals surface area (Å²) in [5, 5.41) is 5.35. The van der Waals surface area contributed by atoms with Crippen molar-refractivity contribution < 1.29 is 9.47 Å². The zero-order chi connectivity index (χ0) is 12.4. The van der Waals surface area contributed by atoms with Crippen LogP contribution in [-0.2, 0) is 15.9 Å². The maximum absolute atomic E-state index is 5.48. The van der Waals surface area contributed by atoms with Crippen molar-refractivity contribution >= 4 is 16.3 Å². The van der Waals surface area contributed by atoms with E-state index in [2.05, 4.69) is 20.9 Å². The fourth-order valence-electron chi connectivity index (χ4n) is 2.21. The van der Waals surface area contributed by atoms with Crippen LogP contribution in [0.3, 0.4) is 0 Å². The van der Waals surface area contributed by atoms with Crippen LogP contribution >= 0.6 is 11.3 Å². The van der Waals surface area contributed by atoms with Crippen molar-refractivity contribution in [1.82, 2.24) is 14.7 Å². The zero-order valence-corrected chi connectivity index (χ0v) is 11.2. The fraction of sp³-hybridized carbons (Fsp3) is 0.583. The van der Waals surface area contributed by atoms with Crippen molar-refractivity contribution in [3.63, 3.8) is 0 Å². The van der Waals surface area contributed by atoms with Crippen molar-refractivity contribution in [1.29, 1.82) is 0 Å². The van der Waals surface area contributed by atoms with Gasteiger partial charge in [-0.2, -0.15) is 0 Å². The molecule has 3 rings (SSSR count). The summed E-state index contributed by atoms with van der Waals surface area (Å²) in [7, 11) is 1.97. The van der Waals surface area contributed by atoms with Crippen LogP contribution in [0.2, 0.25) is 0 Å². The van der Waals surface area contributed by atoms with Gasteiger partial charge in [0, 0.05) is 36.7 Å². The van der Waals surface area contributed by atoms with Crippen molar-refractivity contribution in [2.45, 2.75) is 25.2 Å². The predicted molar refractivity (Wildman–Crippen MR) is 69.9 cm³/mol. The molecule has 0 radical (unpaired) electrons. The van der Waals surface area contributed by atoms with Gasteiger partial charge < -0.3 is 14.8 Å². The highest BCUT2D eigenvalue weighted by molar-refractivity contribution is 7.15. The standard InChI is InChI=1S/C12H17N3O2S/c1-13-9(7-11-16-3-4-17-11)6-10-8-15-2-5-18-12(15)14-10/h2,5,8-9,11,13H,3-4,6-7H2,1H3. The Kier molecular flexibility index (Phi) is 3.60.